The van der Waals surface area contributed by atoms with Gasteiger partial charge in [0.1, 0.15) is 22.8 Å². The molecule has 8 nitrogen and oxygen atoms in total. The molecule has 1 aromatic heterocycles. The van der Waals surface area contributed by atoms with Gasteiger partial charge in [-0.3, -0.25) is 4.79 Å². The van der Waals surface area contributed by atoms with E-state index in [0.29, 0.717) is 26.2 Å². The molecule has 0 spiro atoms. The molecule has 11 heteroatoms. The molecule has 3 aromatic rings. The zero-order valence-corrected chi connectivity index (χ0v) is 17.6. The molecule has 1 fully saturated rings. The zero-order chi connectivity index (χ0) is 23.6. The Balaban J connectivity index is 1.55. The molecule has 1 aliphatic rings. The van der Waals surface area contributed by atoms with Gasteiger partial charge < -0.3 is 29.5 Å². The second-order valence-electron chi connectivity index (χ2n) is 7.30. The lowest BCUT2D eigenvalue weighted by Crippen LogP contribution is -2.49. The van der Waals surface area contributed by atoms with Crippen LogP contribution in [0.15, 0.2) is 53.1 Å². The van der Waals surface area contributed by atoms with E-state index in [-0.39, 0.29) is 22.7 Å². The van der Waals surface area contributed by atoms with Gasteiger partial charge in [0, 0.05) is 43.5 Å². The Bertz CT molecular complexity index is 1140. The van der Waals surface area contributed by atoms with E-state index >= 15 is 0 Å². The standard InChI is InChI=1S/C22H21F3N4O4/c1-31-15-6-4-5-14(13-15)28-9-11-29(12-10-28)21(30)18-19(27-33-20(18)26)16-7-2-3-8-17(16)32-22(23,24)25/h2-8,13H,9-12,26H2,1H3. The van der Waals surface area contributed by atoms with E-state index in [2.05, 4.69) is 14.8 Å². The summed E-state index contributed by atoms with van der Waals surface area (Å²) < 4.78 is 52.9. The van der Waals surface area contributed by atoms with Gasteiger partial charge in [-0.25, -0.2) is 0 Å². The van der Waals surface area contributed by atoms with Crippen LogP contribution in [0.3, 0.4) is 0 Å². The summed E-state index contributed by atoms with van der Waals surface area (Å²) in [5, 5.41) is 3.76. The summed E-state index contributed by atoms with van der Waals surface area (Å²) in [5.41, 5.74) is 6.57. The smallest absolute Gasteiger partial charge is 0.497 e. The minimum absolute atomic E-state index is 0.0476. The normalized spacial score (nSPS) is 14.3. The van der Waals surface area contributed by atoms with Gasteiger partial charge in [0.05, 0.1) is 7.11 Å². The Hall–Kier alpha value is -3.89. The molecule has 0 unspecified atom stereocenters. The average Bonchev–Trinajstić information content (AvgIpc) is 3.19. The monoisotopic (exact) mass is 462 g/mol. The van der Waals surface area contributed by atoms with Gasteiger partial charge in [0.2, 0.25) is 5.88 Å². The Morgan fingerprint density at radius 2 is 1.82 bits per heavy atom. The van der Waals surface area contributed by atoms with Gasteiger partial charge in [0.25, 0.3) is 5.91 Å². The lowest BCUT2D eigenvalue weighted by molar-refractivity contribution is -0.274. The lowest BCUT2D eigenvalue weighted by atomic mass is 10.0. The highest BCUT2D eigenvalue weighted by Gasteiger charge is 2.35. The number of nitrogen functional groups attached to an aromatic ring is 1. The van der Waals surface area contributed by atoms with E-state index in [1.54, 1.807) is 12.0 Å². The molecule has 0 aliphatic carbocycles. The van der Waals surface area contributed by atoms with Crippen molar-refractivity contribution in [2.24, 2.45) is 0 Å². The van der Waals surface area contributed by atoms with Gasteiger partial charge >= 0.3 is 6.36 Å². The molecule has 2 heterocycles. The van der Waals surface area contributed by atoms with Gasteiger partial charge in [-0.2, -0.15) is 0 Å². The zero-order valence-electron chi connectivity index (χ0n) is 17.6. The van der Waals surface area contributed by atoms with Crippen molar-refractivity contribution in [2.75, 3.05) is 43.9 Å². The molecule has 0 atom stereocenters. The maximum Gasteiger partial charge on any atom is 0.573 e. The van der Waals surface area contributed by atoms with Gasteiger partial charge in [-0.1, -0.05) is 23.4 Å². The number of piperazine rings is 1. The van der Waals surface area contributed by atoms with Gasteiger partial charge in [0.15, 0.2) is 0 Å². The van der Waals surface area contributed by atoms with Crippen molar-refractivity contribution in [3.8, 4) is 22.8 Å². The van der Waals surface area contributed by atoms with E-state index in [1.165, 1.54) is 18.2 Å². The largest absolute Gasteiger partial charge is 0.573 e. The summed E-state index contributed by atoms with van der Waals surface area (Å²) >= 11 is 0. The summed E-state index contributed by atoms with van der Waals surface area (Å²) in [6.07, 6.45) is -4.91. The average molecular weight is 462 g/mol. The van der Waals surface area contributed by atoms with Crippen LogP contribution in [0.5, 0.6) is 11.5 Å². The third kappa shape index (κ3) is 4.81. The Labute approximate surface area is 187 Å². The Morgan fingerprint density at radius 1 is 1.09 bits per heavy atom. The number of rotatable bonds is 5. The molecule has 1 amide bonds. The molecule has 33 heavy (non-hydrogen) atoms. The Kier molecular flexibility index (Phi) is 6.03. The van der Waals surface area contributed by atoms with Crippen molar-refractivity contribution < 1.29 is 32.0 Å². The third-order valence-electron chi connectivity index (χ3n) is 5.29. The quantitative estimate of drug-likeness (QED) is 0.617. The number of amides is 1. The summed E-state index contributed by atoms with van der Waals surface area (Å²) in [6, 6.07) is 13.0. The number of halogens is 3. The first-order valence-corrected chi connectivity index (χ1v) is 10.1. The summed E-state index contributed by atoms with van der Waals surface area (Å²) in [5.74, 6) is -0.522. The molecule has 1 saturated heterocycles. The highest BCUT2D eigenvalue weighted by Crippen LogP contribution is 2.37. The molecule has 4 rings (SSSR count). The second kappa shape index (κ2) is 8.93. The van der Waals surface area contributed by atoms with Gasteiger partial charge in [-0.15, -0.1) is 13.2 Å². The number of alkyl halides is 3. The fourth-order valence-electron chi connectivity index (χ4n) is 3.70. The van der Waals surface area contributed by atoms with Crippen LogP contribution in [-0.2, 0) is 0 Å². The van der Waals surface area contributed by atoms with E-state index in [9.17, 15) is 18.0 Å². The summed E-state index contributed by atoms with van der Waals surface area (Å²) in [6.45, 7) is 1.85. The van der Waals surface area contributed by atoms with Crippen LogP contribution in [-0.4, -0.2) is 55.6 Å². The predicted molar refractivity (Wildman–Crippen MR) is 114 cm³/mol. The number of aromatic nitrogens is 1. The van der Waals surface area contributed by atoms with Crippen molar-refractivity contribution >= 4 is 17.5 Å². The number of nitrogens with two attached hydrogens (primary N) is 1. The summed E-state index contributed by atoms with van der Waals surface area (Å²) in [7, 11) is 1.59. The molecule has 0 bridgehead atoms. The molecule has 174 valence electrons. The first-order valence-electron chi connectivity index (χ1n) is 10.1. The molecular weight excluding hydrogens is 441 g/mol. The maximum absolute atomic E-state index is 13.3. The molecule has 1 aliphatic heterocycles. The molecular formula is C22H21F3N4O4. The molecule has 2 N–H and O–H groups in total. The number of nitrogens with zero attached hydrogens (tertiary/aromatic N) is 3. The van der Waals surface area contributed by atoms with E-state index in [4.69, 9.17) is 15.0 Å². The molecule has 0 saturated carbocycles. The van der Waals surface area contributed by atoms with E-state index < -0.39 is 18.0 Å². The van der Waals surface area contributed by atoms with E-state index in [1.807, 2.05) is 24.3 Å². The van der Waals surface area contributed by atoms with Crippen molar-refractivity contribution in [2.45, 2.75) is 6.36 Å². The fraction of sp³-hybridized carbons (Fsp3) is 0.273. The first-order chi connectivity index (χ1) is 15.8. The number of methoxy groups -OCH3 is 1. The van der Waals surface area contributed by atoms with Crippen LogP contribution >= 0.6 is 0 Å². The number of hydrogen-bond donors (Lipinski definition) is 1. The minimum atomic E-state index is -4.91. The van der Waals surface area contributed by atoms with Crippen molar-refractivity contribution in [1.82, 2.24) is 10.1 Å². The number of anilines is 2. The number of para-hydroxylation sites is 1. The second-order valence-corrected chi connectivity index (χ2v) is 7.30. The van der Waals surface area contributed by atoms with Crippen LogP contribution in [0.2, 0.25) is 0 Å². The number of ether oxygens (including phenoxy) is 2. The fourth-order valence-corrected chi connectivity index (χ4v) is 3.70. The van der Waals surface area contributed by atoms with Crippen molar-refractivity contribution in [1.29, 1.82) is 0 Å². The first kappa shape index (κ1) is 22.3. The van der Waals surface area contributed by atoms with Crippen LogP contribution in [0.25, 0.3) is 11.3 Å². The highest BCUT2D eigenvalue weighted by atomic mass is 19.4. The molecule has 2 aromatic carbocycles. The highest BCUT2D eigenvalue weighted by molar-refractivity contribution is 6.04. The van der Waals surface area contributed by atoms with Crippen molar-refractivity contribution in [3.63, 3.8) is 0 Å². The van der Waals surface area contributed by atoms with Crippen LogP contribution in [0, 0.1) is 0 Å². The lowest BCUT2D eigenvalue weighted by Gasteiger charge is -2.36. The number of hydrogen-bond acceptors (Lipinski definition) is 7. The topological polar surface area (TPSA) is 94.1 Å². The summed E-state index contributed by atoms with van der Waals surface area (Å²) in [4.78, 5) is 16.9. The number of benzene rings is 2. The van der Waals surface area contributed by atoms with Crippen LogP contribution in [0.1, 0.15) is 10.4 Å². The molecule has 0 radical (unpaired) electrons. The SMILES string of the molecule is COc1cccc(N2CCN(C(=O)c3c(-c4ccccc4OC(F)(F)F)noc3N)CC2)c1. The van der Waals surface area contributed by atoms with Crippen LogP contribution < -0.4 is 20.1 Å². The Morgan fingerprint density at radius 3 is 2.52 bits per heavy atom. The van der Waals surface area contributed by atoms with Crippen LogP contribution in [0.4, 0.5) is 24.7 Å². The number of carbonyl (C=O) groups excluding carboxylic acids is 1. The third-order valence-corrected chi connectivity index (χ3v) is 5.29. The maximum atomic E-state index is 13.3. The van der Waals surface area contributed by atoms with Crippen molar-refractivity contribution in [3.05, 3.63) is 54.1 Å². The van der Waals surface area contributed by atoms with E-state index in [0.717, 1.165) is 17.5 Å². The number of carbonyl (C=O) groups is 1. The predicted octanol–water partition coefficient (Wildman–Crippen LogP) is 3.79. The van der Waals surface area contributed by atoms with Gasteiger partial charge in [-0.05, 0) is 24.3 Å². The minimum Gasteiger partial charge on any atom is -0.497 e.